The Morgan fingerprint density at radius 3 is 1.94 bits per heavy atom. The van der Waals surface area contributed by atoms with Gasteiger partial charge in [-0.3, -0.25) is 9.59 Å². The van der Waals surface area contributed by atoms with E-state index in [1.165, 1.54) is 11.1 Å². The molecule has 5 rings (SSSR count). The normalized spacial score (nSPS) is 22.9. The quantitative estimate of drug-likeness (QED) is 0.577. The van der Waals surface area contributed by atoms with Crippen LogP contribution in [0.25, 0.3) is 0 Å². The largest absolute Gasteiger partial charge is 0.341 e. The van der Waals surface area contributed by atoms with Crippen molar-refractivity contribution in [2.75, 3.05) is 13.1 Å². The third kappa shape index (κ3) is 3.37. The lowest BCUT2D eigenvalue weighted by atomic mass is 9.56. The number of rotatable bonds is 4. The molecule has 1 aliphatic heterocycles. The number of Topliss-reactive ketones (excluding diaryl/α,β-unsaturated/α-hetero) is 1. The number of ketones is 1. The van der Waals surface area contributed by atoms with Gasteiger partial charge in [0.2, 0.25) is 5.91 Å². The lowest BCUT2D eigenvalue weighted by molar-refractivity contribution is -0.131. The first-order valence-electron chi connectivity index (χ1n) is 11.6. The van der Waals surface area contributed by atoms with Gasteiger partial charge in [0.1, 0.15) is 5.78 Å². The summed E-state index contributed by atoms with van der Waals surface area (Å²) in [5.74, 6) is 0.180. The summed E-state index contributed by atoms with van der Waals surface area (Å²) in [4.78, 5) is 28.5. The molecule has 1 saturated carbocycles. The summed E-state index contributed by atoms with van der Waals surface area (Å²) in [6.07, 6.45) is 1.35. The first-order valence-corrected chi connectivity index (χ1v) is 11.6. The predicted octanol–water partition coefficient (Wildman–Crippen LogP) is 5.21. The van der Waals surface area contributed by atoms with Crippen LogP contribution in [0, 0.1) is 11.8 Å². The average molecular weight is 424 g/mol. The van der Waals surface area contributed by atoms with E-state index in [1.54, 1.807) is 0 Å². The van der Waals surface area contributed by atoms with Gasteiger partial charge in [-0.15, -0.1) is 0 Å². The van der Waals surface area contributed by atoms with Crippen LogP contribution in [0.3, 0.4) is 0 Å². The van der Waals surface area contributed by atoms with E-state index in [-0.39, 0.29) is 29.1 Å². The Kier molecular flexibility index (Phi) is 5.42. The van der Waals surface area contributed by atoms with Crippen LogP contribution in [0.15, 0.2) is 91.0 Å². The smallest absolute Gasteiger partial charge is 0.229 e. The first kappa shape index (κ1) is 20.7. The molecule has 3 heteroatoms. The van der Waals surface area contributed by atoms with E-state index in [0.717, 1.165) is 12.0 Å². The standard InChI is InChI=1S/C29H29NO2/c1-21(22-11-5-2-6-12-22)28(32)30-19-25-26(20-30)29(18-17-27(25)31,23-13-7-3-8-14-23)24-15-9-4-10-16-24/h2-16,21,25-26H,17-20H2,1H3/t21-,25-,26+/m0/s1. The summed E-state index contributed by atoms with van der Waals surface area (Å²) in [7, 11) is 0. The molecule has 32 heavy (non-hydrogen) atoms. The number of hydrogen-bond acceptors (Lipinski definition) is 2. The lowest BCUT2D eigenvalue weighted by Gasteiger charge is -2.45. The molecule has 3 nitrogen and oxygen atoms in total. The molecule has 3 aromatic rings. The molecule has 0 N–H and O–H groups in total. The van der Waals surface area contributed by atoms with Crippen LogP contribution in [0.2, 0.25) is 0 Å². The van der Waals surface area contributed by atoms with Gasteiger partial charge in [0.05, 0.1) is 5.92 Å². The molecule has 0 unspecified atom stereocenters. The van der Waals surface area contributed by atoms with Crippen molar-refractivity contribution < 1.29 is 9.59 Å². The van der Waals surface area contributed by atoms with Crippen molar-refractivity contribution >= 4 is 11.7 Å². The van der Waals surface area contributed by atoms with E-state index in [9.17, 15) is 9.59 Å². The molecule has 3 aromatic carbocycles. The Hall–Kier alpha value is -3.20. The van der Waals surface area contributed by atoms with Crippen LogP contribution >= 0.6 is 0 Å². The topological polar surface area (TPSA) is 37.4 Å². The molecule has 2 aliphatic rings. The molecule has 3 atom stereocenters. The Balaban J connectivity index is 1.54. The minimum atomic E-state index is -0.258. The Bertz CT molecular complexity index is 1050. The van der Waals surface area contributed by atoms with E-state index in [1.807, 2.05) is 54.3 Å². The molecule has 1 aliphatic carbocycles. The van der Waals surface area contributed by atoms with Gasteiger partial charge in [-0.1, -0.05) is 91.0 Å². The number of amides is 1. The molecule has 1 heterocycles. The molecular weight excluding hydrogens is 394 g/mol. The van der Waals surface area contributed by atoms with Crippen molar-refractivity contribution in [2.45, 2.75) is 31.1 Å². The summed E-state index contributed by atoms with van der Waals surface area (Å²) < 4.78 is 0. The molecule has 2 fully saturated rings. The zero-order valence-electron chi connectivity index (χ0n) is 18.5. The van der Waals surface area contributed by atoms with Gasteiger partial charge in [0.15, 0.2) is 0 Å². The monoisotopic (exact) mass is 423 g/mol. The maximum atomic E-state index is 13.5. The van der Waals surface area contributed by atoms with Gasteiger partial charge >= 0.3 is 0 Å². The minimum Gasteiger partial charge on any atom is -0.341 e. The fraction of sp³-hybridized carbons (Fsp3) is 0.310. The van der Waals surface area contributed by atoms with Crippen molar-refractivity contribution in [3.8, 4) is 0 Å². The van der Waals surface area contributed by atoms with Gasteiger partial charge in [0.25, 0.3) is 0 Å². The van der Waals surface area contributed by atoms with Crippen LogP contribution in [0.1, 0.15) is 42.4 Å². The molecule has 0 spiro atoms. The minimum absolute atomic E-state index is 0.0838. The third-order valence-electron chi connectivity index (χ3n) is 7.69. The highest BCUT2D eigenvalue weighted by atomic mass is 16.2. The average Bonchev–Trinajstić information content (AvgIpc) is 3.32. The van der Waals surface area contributed by atoms with Crippen molar-refractivity contribution in [3.63, 3.8) is 0 Å². The molecule has 0 radical (unpaired) electrons. The summed E-state index contributed by atoms with van der Waals surface area (Å²) in [6, 6.07) is 31.1. The van der Waals surface area contributed by atoms with E-state index in [2.05, 4.69) is 48.5 Å². The van der Waals surface area contributed by atoms with Gasteiger partial charge in [-0.25, -0.2) is 0 Å². The maximum Gasteiger partial charge on any atom is 0.229 e. The van der Waals surface area contributed by atoms with E-state index in [4.69, 9.17) is 0 Å². The highest BCUT2D eigenvalue weighted by molar-refractivity contribution is 5.88. The van der Waals surface area contributed by atoms with Gasteiger partial charge < -0.3 is 4.90 Å². The Labute approximate surface area is 190 Å². The van der Waals surface area contributed by atoms with Crippen LogP contribution in [0.4, 0.5) is 0 Å². The molecule has 162 valence electrons. The van der Waals surface area contributed by atoms with E-state index >= 15 is 0 Å². The predicted molar refractivity (Wildman–Crippen MR) is 126 cm³/mol. The maximum absolute atomic E-state index is 13.5. The second kappa shape index (κ2) is 8.38. The van der Waals surface area contributed by atoms with E-state index in [0.29, 0.717) is 25.3 Å². The Morgan fingerprint density at radius 1 is 0.844 bits per heavy atom. The van der Waals surface area contributed by atoms with Crippen LogP contribution in [-0.4, -0.2) is 29.7 Å². The summed E-state index contributed by atoms with van der Waals surface area (Å²) in [5.41, 5.74) is 3.26. The third-order valence-corrected chi connectivity index (χ3v) is 7.69. The lowest BCUT2D eigenvalue weighted by Crippen LogP contribution is -2.47. The fourth-order valence-electron chi connectivity index (χ4n) is 6.01. The van der Waals surface area contributed by atoms with Crippen LogP contribution < -0.4 is 0 Å². The highest BCUT2D eigenvalue weighted by Crippen LogP contribution is 2.52. The zero-order valence-corrected chi connectivity index (χ0v) is 18.5. The van der Waals surface area contributed by atoms with Crippen molar-refractivity contribution in [2.24, 2.45) is 11.8 Å². The summed E-state index contributed by atoms with van der Waals surface area (Å²) in [6.45, 7) is 3.13. The number of benzene rings is 3. The van der Waals surface area contributed by atoms with Gasteiger partial charge in [0, 0.05) is 36.8 Å². The second-order valence-corrected chi connectivity index (χ2v) is 9.26. The summed E-state index contributed by atoms with van der Waals surface area (Å²) in [5, 5.41) is 0. The molecular formula is C29H29NO2. The zero-order chi connectivity index (χ0) is 22.1. The Morgan fingerprint density at radius 2 is 1.38 bits per heavy atom. The number of carbonyl (C=O) groups is 2. The SMILES string of the molecule is C[C@H](C(=O)N1C[C@@H]2C(=O)CCC(c3ccccc3)(c3ccccc3)[C@@H]2C1)c1ccccc1. The summed E-state index contributed by atoms with van der Waals surface area (Å²) >= 11 is 0. The fourth-order valence-corrected chi connectivity index (χ4v) is 6.01. The van der Waals surface area contributed by atoms with Crippen molar-refractivity contribution in [3.05, 3.63) is 108 Å². The van der Waals surface area contributed by atoms with Crippen molar-refractivity contribution in [1.82, 2.24) is 4.90 Å². The highest BCUT2D eigenvalue weighted by Gasteiger charge is 2.55. The van der Waals surface area contributed by atoms with Gasteiger partial charge in [-0.05, 0) is 30.0 Å². The van der Waals surface area contributed by atoms with Crippen LogP contribution in [0.5, 0.6) is 0 Å². The number of nitrogens with zero attached hydrogens (tertiary/aromatic N) is 1. The second-order valence-electron chi connectivity index (χ2n) is 9.26. The number of likely N-dealkylation sites (tertiary alicyclic amines) is 1. The van der Waals surface area contributed by atoms with Crippen LogP contribution in [-0.2, 0) is 15.0 Å². The number of hydrogen-bond donors (Lipinski definition) is 0. The molecule has 0 bridgehead atoms. The molecule has 1 saturated heterocycles. The van der Waals surface area contributed by atoms with Gasteiger partial charge in [-0.2, -0.15) is 0 Å². The van der Waals surface area contributed by atoms with Crippen molar-refractivity contribution in [1.29, 1.82) is 0 Å². The molecule has 0 aromatic heterocycles. The first-order chi connectivity index (χ1) is 15.6. The molecule has 1 amide bonds. The van der Waals surface area contributed by atoms with E-state index < -0.39 is 0 Å². The number of carbonyl (C=O) groups excluding carboxylic acids is 2. The number of fused-ring (bicyclic) bond motifs is 1.